The molecule has 1 rings (SSSR count). The molecule has 1 aliphatic rings. The van der Waals surface area contributed by atoms with Crippen LogP contribution in [0.4, 0.5) is 13.2 Å². The van der Waals surface area contributed by atoms with Crippen LogP contribution >= 0.6 is 0 Å². The second kappa shape index (κ2) is 8.00. The van der Waals surface area contributed by atoms with Crippen LogP contribution in [-0.2, 0) is 4.74 Å². The van der Waals surface area contributed by atoms with Crippen molar-refractivity contribution in [3.8, 4) is 0 Å². The zero-order chi connectivity index (χ0) is 13.4. The van der Waals surface area contributed by atoms with Gasteiger partial charge in [-0.25, -0.2) is 0 Å². The van der Waals surface area contributed by atoms with Crippen molar-refractivity contribution in [1.29, 1.82) is 0 Å². The maximum atomic E-state index is 11.8. The second-order valence-corrected chi connectivity index (χ2v) is 5.25. The fourth-order valence-corrected chi connectivity index (χ4v) is 2.43. The summed E-state index contributed by atoms with van der Waals surface area (Å²) in [5.41, 5.74) is 0. The van der Waals surface area contributed by atoms with Crippen molar-refractivity contribution in [2.24, 2.45) is 5.92 Å². The van der Waals surface area contributed by atoms with Gasteiger partial charge in [0.15, 0.2) is 0 Å². The Morgan fingerprint density at radius 2 is 2.00 bits per heavy atom. The van der Waals surface area contributed by atoms with Crippen LogP contribution in [-0.4, -0.2) is 32.0 Å². The lowest BCUT2D eigenvalue weighted by Gasteiger charge is -2.27. The van der Waals surface area contributed by atoms with E-state index in [1.807, 2.05) is 0 Å². The summed E-state index contributed by atoms with van der Waals surface area (Å²) >= 11 is 0. The van der Waals surface area contributed by atoms with Crippen molar-refractivity contribution in [2.75, 3.05) is 19.8 Å². The van der Waals surface area contributed by atoms with Crippen molar-refractivity contribution >= 4 is 0 Å². The molecule has 2 unspecified atom stereocenters. The Balaban J connectivity index is 1.89. The first-order valence-corrected chi connectivity index (χ1v) is 6.85. The largest absolute Gasteiger partial charge is 0.389 e. The smallest absolute Gasteiger partial charge is 0.380 e. The molecule has 0 heterocycles. The molecular weight excluding hydrogens is 243 g/mol. The van der Waals surface area contributed by atoms with Gasteiger partial charge in [-0.1, -0.05) is 19.8 Å². The molecule has 0 aromatic carbocycles. The lowest BCUT2D eigenvalue weighted by atomic mass is 9.87. The molecule has 0 aromatic heterocycles. The predicted octanol–water partition coefficient (Wildman–Crippen LogP) is 3.51. The number of ether oxygens (including phenoxy) is 1. The van der Waals surface area contributed by atoms with E-state index in [0.717, 1.165) is 12.5 Å². The van der Waals surface area contributed by atoms with E-state index in [1.54, 1.807) is 0 Å². The molecule has 0 spiro atoms. The highest BCUT2D eigenvalue weighted by Gasteiger charge is 2.25. The standard InChI is InChI=1S/C13H24F3NO/c1-11-4-2-5-12(10-11)17-7-9-18-8-3-6-13(14,15)16/h11-12,17H,2-10H2,1H3. The highest BCUT2D eigenvalue weighted by molar-refractivity contribution is 4.75. The third kappa shape index (κ3) is 7.93. The van der Waals surface area contributed by atoms with Gasteiger partial charge in [-0.15, -0.1) is 0 Å². The quantitative estimate of drug-likeness (QED) is 0.713. The van der Waals surface area contributed by atoms with Gasteiger partial charge in [0.1, 0.15) is 0 Å². The Bertz CT molecular complexity index is 221. The summed E-state index contributed by atoms with van der Waals surface area (Å²) in [4.78, 5) is 0. The Labute approximate surface area is 107 Å². The Morgan fingerprint density at radius 3 is 2.67 bits per heavy atom. The van der Waals surface area contributed by atoms with Crippen LogP contribution < -0.4 is 5.32 Å². The molecule has 1 fully saturated rings. The van der Waals surface area contributed by atoms with E-state index in [4.69, 9.17) is 4.74 Å². The molecular formula is C13H24F3NO. The Kier molecular flexibility index (Phi) is 7.00. The molecule has 0 aliphatic heterocycles. The van der Waals surface area contributed by atoms with Crippen molar-refractivity contribution in [2.45, 2.75) is 57.7 Å². The van der Waals surface area contributed by atoms with E-state index < -0.39 is 12.6 Å². The molecule has 1 saturated carbocycles. The van der Waals surface area contributed by atoms with Gasteiger partial charge in [-0.05, 0) is 25.2 Å². The van der Waals surface area contributed by atoms with Crippen LogP contribution in [0.25, 0.3) is 0 Å². The minimum absolute atomic E-state index is 0.0595. The predicted molar refractivity (Wildman–Crippen MR) is 65.5 cm³/mol. The van der Waals surface area contributed by atoms with Gasteiger partial charge in [0.05, 0.1) is 6.61 Å². The highest BCUT2D eigenvalue weighted by atomic mass is 19.4. The van der Waals surface area contributed by atoms with E-state index in [1.165, 1.54) is 25.7 Å². The van der Waals surface area contributed by atoms with E-state index in [9.17, 15) is 13.2 Å². The minimum atomic E-state index is -4.06. The van der Waals surface area contributed by atoms with Crippen LogP contribution in [0.3, 0.4) is 0 Å². The third-order valence-electron chi connectivity index (χ3n) is 3.36. The number of halogens is 3. The van der Waals surface area contributed by atoms with Crippen molar-refractivity contribution in [1.82, 2.24) is 5.32 Å². The number of alkyl halides is 3. The maximum absolute atomic E-state index is 11.8. The summed E-state index contributed by atoms with van der Waals surface area (Å²) in [7, 11) is 0. The molecule has 1 aliphatic carbocycles. The summed E-state index contributed by atoms with van der Waals surface area (Å²) in [5, 5.41) is 3.41. The zero-order valence-corrected chi connectivity index (χ0v) is 11.1. The lowest BCUT2D eigenvalue weighted by molar-refractivity contribution is -0.137. The fourth-order valence-electron chi connectivity index (χ4n) is 2.43. The van der Waals surface area contributed by atoms with Crippen LogP contribution in [0.5, 0.6) is 0 Å². The zero-order valence-electron chi connectivity index (χ0n) is 11.1. The van der Waals surface area contributed by atoms with Crippen LogP contribution in [0.15, 0.2) is 0 Å². The van der Waals surface area contributed by atoms with Gasteiger partial charge in [-0.3, -0.25) is 0 Å². The summed E-state index contributed by atoms with van der Waals surface area (Å²) in [6, 6.07) is 0.563. The van der Waals surface area contributed by atoms with E-state index in [2.05, 4.69) is 12.2 Å². The first-order valence-electron chi connectivity index (χ1n) is 6.85. The van der Waals surface area contributed by atoms with Gasteiger partial charge < -0.3 is 10.1 Å². The molecule has 2 atom stereocenters. The molecule has 0 radical (unpaired) electrons. The molecule has 0 saturated heterocycles. The molecule has 18 heavy (non-hydrogen) atoms. The van der Waals surface area contributed by atoms with Gasteiger partial charge >= 0.3 is 6.18 Å². The van der Waals surface area contributed by atoms with Crippen LogP contribution in [0.1, 0.15) is 45.4 Å². The van der Waals surface area contributed by atoms with Crippen LogP contribution in [0.2, 0.25) is 0 Å². The SMILES string of the molecule is CC1CCCC(NCCOCCCC(F)(F)F)C1. The summed E-state index contributed by atoms with van der Waals surface area (Å²) in [5.74, 6) is 0.781. The van der Waals surface area contributed by atoms with Gasteiger partial charge in [0.25, 0.3) is 0 Å². The topological polar surface area (TPSA) is 21.3 Å². The highest BCUT2D eigenvalue weighted by Crippen LogP contribution is 2.23. The molecule has 2 nitrogen and oxygen atoms in total. The molecule has 0 aromatic rings. The fraction of sp³-hybridized carbons (Fsp3) is 1.00. The minimum Gasteiger partial charge on any atom is -0.380 e. The maximum Gasteiger partial charge on any atom is 0.389 e. The summed E-state index contributed by atoms with van der Waals surface area (Å²) in [6.45, 7) is 3.70. The van der Waals surface area contributed by atoms with Gasteiger partial charge in [0, 0.05) is 25.6 Å². The number of rotatable bonds is 7. The Hall–Kier alpha value is -0.290. The molecule has 5 heteroatoms. The Morgan fingerprint density at radius 1 is 1.22 bits per heavy atom. The molecule has 1 N–H and O–H groups in total. The first-order chi connectivity index (χ1) is 8.47. The number of hydrogen-bond donors (Lipinski definition) is 1. The van der Waals surface area contributed by atoms with Crippen molar-refractivity contribution in [3.05, 3.63) is 0 Å². The number of nitrogens with one attached hydrogen (secondary N) is 1. The molecule has 108 valence electrons. The van der Waals surface area contributed by atoms with E-state index in [0.29, 0.717) is 12.6 Å². The third-order valence-corrected chi connectivity index (χ3v) is 3.36. The van der Waals surface area contributed by atoms with E-state index >= 15 is 0 Å². The average Bonchev–Trinajstić information content (AvgIpc) is 2.26. The van der Waals surface area contributed by atoms with Gasteiger partial charge in [-0.2, -0.15) is 13.2 Å². The van der Waals surface area contributed by atoms with Crippen molar-refractivity contribution in [3.63, 3.8) is 0 Å². The molecule has 0 amide bonds. The van der Waals surface area contributed by atoms with Gasteiger partial charge in [0.2, 0.25) is 0 Å². The second-order valence-electron chi connectivity index (χ2n) is 5.25. The molecule has 0 bridgehead atoms. The monoisotopic (exact) mass is 267 g/mol. The van der Waals surface area contributed by atoms with Crippen molar-refractivity contribution < 1.29 is 17.9 Å². The lowest BCUT2D eigenvalue weighted by Crippen LogP contribution is -2.35. The van der Waals surface area contributed by atoms with E-state index in [-0.39, 0.29) is 13.0 Å². The first kappa shape index (κ1) is 15.8. The summed E-state index contributed by atoms with van der Waals surface area (Å²) in [6.07, 6.45) is 0.244. The number of hydrogen-bond acceptors (Lipinski definition) is 2. The van der Waals surface area contributed by atoms with Crippen LogP contribution in [0, 0.1) is 5.92 Å². The summed E-state index contributed by atoms with van der Waals surface area (Å²) < 4.78 is 40.7. The average molecular weight is 267 g/mol. The normalized spacial score (nSPS) is 25.3.